The Bertz CT molecular complexity index is 1520. The summed E-state index contributed by atoms with van der Waals surface area (Å²) in [5.41, 5.74) is -0.0816. The predicted octanol–water partition coefficient (Wildman–Crippen LogP) is 1.81. The first-order chi connectivity index (χ1) is 14.0. The second kappa shape index (κ2) is 6.61. The molecular weight excluding hydrogens is 430 g/mol. The summed E-state index contributed by atoms with van der Waals surface area (Å²) in [5, 5.41) is 14.8. The molecule has 0 amide bonds. The predicted molar refractivity (Wildman–Crippen MR) is 115 cm³/mol. The third-order valence-corrected chi connectivity index (χ3v) is 6.78. The molecule has 1 aliphatic rings. The topological polar surface area (TPSA) is 135 Å². The lowest BCUT2D eigenvalue weighted by molar-refractivity contribution is 0.477. The van der Waals surface area contributed by atoms with Crippen LogP contribution in [0.4, 0.5) is 11.4 Å². The van der Waals surface area contributed by atoms with Gasteiger partial charge in [0.15, 0.2) is 0 Å². The van der Waals surface area contributed by atoms with Gasteiger partial charge in [-0.15, -0.1) is 0 Å². The summed E-state index contributed by atoms with van der Waals surface area (Å²) in [6.07, 6.45) is 0.954. The molecule has 3 N–H and O–H groups in total. The summed E-state index contributed by atoms with van der Waals surface area (Å²) in [7, 11) is -6.09. The van der Waals surface area contributed by atoms with Gasteiger partial charge in [-0.3, -0.25) is 9.52 Å². The van der Waals surface area contributed by atoms with Crippen LogP contribution in [0.5, 0.6) is 5.75 Å². The molecule has 0 aliphatic carbocycles. The number of aromatic hydroxyl groups is 1. The van der Waals surface area contributed by atoms with Gasteiger partial charge >= 0.3 is 0 Å². The summed E-state index contributed by atoms with van der Waals surface area (Å²) in [6, 6.07) is 10.7. The largest absolute Gasteiger partial charge is 0.506 e. The maximum absolute atomic E-state index is 12.9. The molecule has 156 valence electrons. The average molecular weight is 447 g/mol. The van der Waals surface area contributed by atoms with E-state index in [1.165, 1.54) is 29.8 Å². The van der Waals surface area contributed by atoms with E-state index < -0.39 is 25.4 Å². The Labute approximate surface area is 172 Å². The number of pyridine rings is 1. The molecule has 3 aromatic rings. The second-order valence-corrected chi connectivity index (χ2v) is 10.4. The van der Waals surface area contributed by atoms with Gasteiger partial charge in [-0.1, -0.05) is 12.1 Å². The maximum Gasteiger partial charge on any atom is 0.263 e. The van der Waals surface area contributed by atoms with Crippen molar-refractivity contribution in [3.05, 3.63) is 63.8 Å². The molecule has 11 heteroatoms. The van der Waals surface area contributed by atoms with E-state index in [2.05, 4.69) is 10.0 Å². The first-order valence-electron chi connectivity index (χ1n) is 8.65. The number of nitrogens with zero attached hydrogens (tertiary/aromatic N) is 1. The number of sulfone groups is 1. The fourth-order valence-electron chi connectivity index (χ4n) is 3.38. The van der Waals surface area contributed by atoms with Gasteiger partial charge in [0.05, 0.1) is 33.5 Å². The molecule has 1 aliphatic heterocycles. The van der Waals surface area contributed by atoms with Crippen molar-refractivity contribution in [3.63, 3.8) is 0 Å². The van der Waals surface area contributed by atoms with Gasteiger partial charge in [-0.05, 0) is 30.3 Å². The summed E-state index contributed by atoms with van der Waals surface area (Å²) in [5.74, 6) is -0.332. The van der Waals surface area contributed by atoms with Crippen LogP contribution in [0.3, 0.4) is 0 Å². The van der Waals surface area contributed by atoms with Crippen molar-refractivity contribution >= 4 is 47.8 Å². The molecule has 0 fully saturated rings. The molecule has 0 bridgehead atoms. The van der Waals surface area contributed by atoms with E-state index in [0.29, 0.717) is 10.9 Å². The first kappa shape index (κ1) is 20.0. The molecule has 1 aromatic heterocycles. The number of aryl methyl sites for hydroxylation is 1. The summed E-state index contributed by atoms with van der Waals surface area (Å²) in [6.45, 7) is 0. The van der Waals surface area contributed by atoms with E-state index in [-0.39, 0.29) is 33.3 Å². The molecule has 30 heavy (non-hydrogen) atoms. The molecule has 9 nitrogen and oxygen atoms in total. The molecule has 0 spiro atoms. The minimum Gasteiger partial charge on any atom is -0.506 e. The Hall–Kier alpha value is -3.31. The van der Waals surface area contributed by atoms with Crippen LogP contribution in [0.25, 0.3) is 16.6 Å². The standard InChI is InChI=1S/C19H17N3O6S2/c1-22-15-6-4-3-5-12(15)18(23)17(19(22)24)14-10-30(27,28)16-9-11(21-29(2,25)26)7-8-13(16)20-14/h3-10,20-21,23H,1-2H3. The monoisotopic (exact) mass is 447 g/mol. The van der Waals surface area contributed by atoms with Gasteiger partial charge in [-0.2, -0.15) is 0 Å². The third kappa shape index (κ3) is 3.31. The van der Waals surface area contributed by atoms with E-state index in [4.69, 9.17) is 0 Å². The van der Waals surface area contributed by atoms with Crippen LogP contribution in [0.1, 0.15) is 5.56 Å². The molecule has 0 saturated carbocycles. The van der Waals surface area contributed by atoms with Crippen LogP contribution >= 0.6 is 0 Å². The maximum atomic E-state index is 12.9. The number of benzene rings is 2. The number of anilines is 2. The Morgan fingerprint density at radius 3 is 2.53 bits per heavy atom. The van der Waals surface area contributed by atoms with Crippen molar-refractivity contribution in [2.45, 2.75) is 4.90 Å². The van der Waals surface area contributed by atoms with Gasteiger partial charge in [0.25, 0.3) is 5.56 Å². The van der Waals surface area contributed by atoms with E-state index in [1.54, 1.807) is 24.3 Å². The van der Waals surface area contributed by atoms with E-state index in [1.807, 2.05) is 0 Å². The lowest BCUT2D eigenvalue weighted by Crippen LogP contribution is -2.25. The van der Waals surface area contributed by atoms with Gasteiger partial charge in [0, 0.05) is 18.1 Å². The number of hydrogen-bond donors (Lipinski definition) is 3. The van der Waals surface area contributed by atoms with Crippen molar-refractivity contribution in [2.24, 2.45) is 7.05 Å². The number of sulfonamides is 1. The highest BCUT2D eigenvalue weighted by Crippen LogP contribution is 2.38. The summed E-state index contributed by atoms with van der Waals surface area (Å²) in [4.78, 5) is 12.7. The number of aromatic nitrogens is 1. The molecule has 2 aromatic carbocycles. The van der Waals surface area contributed by atoms with Crippen molar-refractivity contribution in [2.75, 3.05) is 16.3 Å². The number of fused-ring (bicyclic) bond motifs is 2. The first-order valence-corrected chi connectivity index (χ1v) is 12.1. The lowest BCUT2D eigenvalue weighted by atomic mass is 10.1. The van der Waals surface area contributed by atoms with Crippen molar-refractivity contribution in [1.29, 1.82) is 0 Å². The van der Waals surface area contributed by atoms with Crippen molar-refractivity contribution < 1.29 is 21.9 Å². The second-order valence-electron chi connectivity index (χ2n) is 6.89. The summed E-state index contributed by atoms with van der Waals surface area (Å²) >= 11 is 0. The normalized spacial score (nSPS) is 15.2. The zero-order valence-corrected chi connectivity index (χ0v) is 17.5. The van der Waals surface area contributed by atoms with Crippen LogP contribution < -0.4 is 15.6 Å². The number of hydrogen-bond acceptors (Lipinski definition) is 7. The average Bonchev–Trinajstić information content (AvgIpc) is 2.65. The van der Waals surface area contributed by atoms with Crippen LogP contribution in [0.2, 0.25) is 0 Å². The summed E-state index contributed by atoms with van der Waals surface area (Å²) < 4.78 is 52.1. The van der Waals surface area contributed by atoms with E-state index in [0.717, 1.165) is 11.7 Å². The van der Waals surface area contributed by atoms with Gasteiger partial charge in [0.1, 0.15) is 11.3 Å². The Balaban J connectivity index is 1.90. The van der Waals surface area contributed by atoms with Gasteiger partial charge in [0.2, 0.25) is 19.9 Å². The van der Waals surface area contributed by atoms with E-state index >= 15 is 0 Å². The Kier molecular flexibility index (Phi) is 4.40. The molecule has 4 rings (SSSR count). The van der Waals surface area contributed by atoms with Gasteiger partial charge < -0.3 is 15.0 Å². The zero-order chi connectivity index (χ0) is 21.8. The number of rotatable bonds is 3. The molecule has 0 saturated heterocycles. The van der Waals surface area contributed by atoms with Crippen molar-refractivity contribution in [3.8, 4) is 5.75 Å². The third-order valence-electron chi connectivity index (χ3n) is 4.68. The van der Waals surface area contributed by atoms with Crippen molar-refractivity contribution in [1.82, 2.24) is 4.57 Å². The minimum atomic E-state index is -4.04. The lowest BCUT2D eigenvalue weighted by Gasteiger charge is -2.21. The van der Waals surface area contributed by atoms with Crippen LogP contribution in [0.15, 0.2) is 57.6 Å². The molecule has 0 unspecified atom stereocenters. The highest BCUT2D eigenvalue weighted by Gasteiger charge is 2.28. The zero-order valence-electron chi connectivity index (χ0n) is 15.9. The highest BCUT2D eigenvalue weighted by atomic mass is 32.2. The quantitative estimate of drug-likeness (QED) is 0.557. The Morgan fingerprint density at radius 2 is 1.83 bits per heavy atom. The minimum absolute atomic E-state index is 0.0739. The molecular formula is C19H17N3O6S2. The number of nitrogens with one attached hydrogen (secondary N) is 2. The molecule has 0 radical (unpaired) electrons. The van der Waals surface area contributed by atoms with Crippen LogP contribution in [-0.4, -0.2) is 32.8 Å². The fraction of sp³-hybridized carbons (Fsp3) is 0.105. The van der Waals surface area contributed by atoms with Gasteiger partial charge in [-0.25, -0.2) is 16.8 Å². The smallest absolute Gasteiger partial charge is 0.263 e. The SMILES string of the molecule is Cn1c(=O)c(C2=CS(=O)(=O)c3cc(NS(C)(=O)=O)ccc3N2)c(O)c2ccccc21. The van der Waals surface area contributed by atoms with Crippen LogP contribution in [0, 0.1) is 0 Å². The Morgan fingerprint density at radius 1 is 1.13 bits per heavy atom. The fourth-order valence-corrected chi connectivity index (χ4v) is 5.26. The highest BCUT2D eigenvalue weighted by molar-refractivity contribution is 7.94. The number of para-hydroxylation sites is 1. The molecule has 0 atom stereocenters. The van der Waals surface area contributed by atoms with E-state index in [9.17, 15) is 26.7 Å². The molecule has 2 heterocycles. The van der Waals surface area contributed by atoms with Crippen LogP contribution in [-0.2, 0) is 26.9 Å².